The van der Waals surface area contributed by atoms with Gasteiger partial charge in [0.2, 0.25) is 0 Å². The summed E-state index contributed by atoms with van der Waals surface area (Å²) in [5, 5.41) is 3.47. The summed E-state index contributed by atoms with van der Waals surface area (Å²) < 4.78 is 13.1. The molecule has 0 amide bonds. The van der Waals surface area contributed by atoms with E-state index in [1.165, 1.54) is 18.9 Å². The molecule has 0 radical (unpaired) electrons. The summed E-state index contributed by atoms with van der Waals surface area (Å²) in [7, 11) is 0. The molecule has 1 unspecified atom stereocenters. The Bertz CT molecular complexity index is 377. The Morgan fingerprint density at radius 1 is 1.44 bits per heavy atom. The molecule has 2 rings (SSSR count). The summed E-state index contributed by atoms with van der Waals surface area (Å²) >= 11 is 0. The Hall–Kier alpha value is -0.930. The average molecular weight is 250 g/mol. The molecule has 1 aliphatic rings. The van der Waals surface area contributed by atoms with Crippen molar-refractivity contribution < 1.29 is 4.39 Å². The van der Waals surface area contributed by atoms with Gasteiger partial charge in [0.1, 0.15) is 5.82 Å². The highest BCUT2D eigenvalue weighted by atomic mass is 19.1. The molecule has 0 spiro atoms. The molecule has 0 aliphatic heterocycles. The van der Waals surface area contributed by atoms with Crippen molar-refractivity contribution in [3.8, 4) is 0 Å². The third-order valence-corrected chi connectivity index (χ3v) is 3.67. The number of likely N-dealkylation sites (N-methyl/N-ethyl adjacent to an activating group) is 1. The molecule has 0 heterocycles. The number of rotatable bonds is 7. The van der Waals surface area contributed by atoms with E-state index in [1.807, 2.05) is 6.07 Å². The monoisotopic (exact) mass is 250 g/mol. The van der Waals surface area contributed by atoms with Crippen LogP contribution in [-0.4, -0.2) is 30.6 Å². The molecular formula is C15H23FN2. The zero-order valence-electron chi connectivity index (χ0n) is 11.3. The van der Waals surface area contributed by atoms with Gasteiger partial charge in [-0.15, -0.1) is 0 Å². The first-order valence-corrected chi connectivity index (χ1v) is 6.93. The lowest BCUT2D eigenvalue weighted by molar-refractivity contribution is 0.273. The maximum Gasteiger partial charge on any atom is 0.123 e. The van der Waals surface area contributed by atoms with Crippen LogP contribution < -0.4 is 5.32 Å². The molecule has 1 aliphatic carbocycles. The van der Waals surface area contributed by atoms with Crippen LogP contribution in [0.3, 0.4) is 0 Å². The zero-order valence-corrected chi connectivity index (χ0v) is 11.3. The first-order chi connectivity index (χ1) is 8.70. The van der Waals surface area contributed by atoms with Crippen LogP contribution in [0.2, 0.25) is 0 Å². The smallest absolute Gasteiger partial charge is 0.123 e. The number of hydrogen-bond acceptors (Lipinski definition) is 2. The molecule has 3 heteroatoms. The minimum atomic E-state index is -0.158. The van der Waals surface area contributed by atoms with Crippen LogP contribution >= 0.6 is 0 Å². The fourth-order valence-corrected chi connectivity index (χ4v) is 2.36. The van der Waals surface area contributed by atoms with E-state index < -0.39 is 0 Å². The highest BCUT2D eigenvalue weighted by Gasteiger charge is 2.27. The average Bonchev–Trinajstić information content (AvgIpc) is 3.18. The predicted octanol–water partition coefficient (Wildman–Crippen LogP) is 2.96. The van der Waals surface area contributed by atoms with Gasteiger partial charge in [-0.2, -0.15) is 0 Å². The van der Waals surface area contributed by atoms with E-state index in [0.29, 0.717) is 0 Å². The molecule has 100 valence electrons. The van der Waals surface area contributed by atoms with E-state index >= 15 is 0 Å². The van der Waals surface area contributed by atoms with Crippen LogP contribution in [0.5, 0.6) is 0 Å². The molecule has 2 nitrogen and oxygen atoms in total. The van der Waals surface area contributed by atoms with Gasteiger partial charge in [0.25, 0.3) is 0 Å². The summed E-state index contributed by atoms with van der Waals surface area (Å²) in [5.74, 6) is -0.158. The Morgan fingerprint density at radius 3 is 2.83 bits per heavy atom. The number of benzene rings is 1. The Labute approximate surface area is 109 Å². The molecule has 1 aromatic carbocycles. The predicted molar refractivity (Wildman–Crippen MR) is 73.1 cm³/mol. The minimum absolute atomic E-state index is 0.158. The van der Waals surface area contributed by atoms with Crippen LogP contribution in [0.4, 0.5) is 4.39 Å². The number of nitrogens with one attached hydrogen (secondary N) is 1. The summed E-state index contributed by atoms with van der Waals surface area (Å²) in [6, 6.07) is 7.86. The third kappa shape index (κ3) is 3.79. The summed E-state index contributed by atoms with van der Waals surface area (Å²) in [5.41, 5.74) is 1.02. The van der Waals surface area contributed by atoms with Gasteiger partial charge in [0.15, 0.2) is 0 Å². The van der Waals surface area contributed by atoms with E-state index in [1.54, 1.807) is 12.1 Å². The van der Waals surface area contributed by atoms with Gasteiger partial charge >= 0.3 is 0 Å². The fraction of sp³-hybridized carbons (Fsp3) is 0.600. The lowest BCUT2D eigenvalue weighted by Crippen LogP contribution is -2.34. The van der Waals surface area contributed by atoms with Crippen molar-refractivity contribution in [3.05, 3.63) is 35.6 Å². The maximum absolute atomic E-state index is 13.1. The largest absolute Gasteiger partial charge is 0.309 e. The molecule has 0 bridgehead atoms. The second-order valence-electron chi connectivity index (χ2n) is 5.09. The van der Waals surface area contributed by atoms with Crippen molar-refractivity contribution in [1.29, 1.82) is 0 Å². The van der Waals surface area contributed by atoms with Gasteiger partial charge < -0.3 is 5.32 Å². The van der Waals surface area contributed by atoms with Gasteiger partial charge in [-0.25, -0.2) is 4.39 Å². The molecule has 0 saturated heterocycles. The molecular weight excluding hydrogens is 227 g/mol. The molecule has 1 saturated carbocycles. The second-order valence-corrected chi connectivity index (χ2v) is 5.09. The van der Waals surface area contributed by atoms with Crippen molar-refractivity contribution >= 4 is 0 Å². The molecule has 1 N–H and O–H groups in total. The van der Waals surface area contributed by atoms with Crippen molar-refractivity contribution in [2.75, 3.05) is 19.6 Å². The molecule has 1 aromatic rings. The quantitative estimate of drug-likeness (QED) is 0.800. The van der Waals surface area contributed by atoms with Crippen molar-refractivity contribution in [2.45, 2.75) is 38.8 Å². The van der Waals surface area contributed by atoms with Crippen LogP contribution in [0, 0.1) is 5.82 Å². The Balaban J connectivity index is 1.75. The van der Waals surface area contributed by atoms with Crippen LogP contribution in [0.15, 0.2) is 24.3 Å². The standard InChI is InChI=1S/C15H23FN2/c1-3-18(15-7-8-15)10-9-17-12(2)13-5-4-6-14(16)11-13/h4-6,11-12,15,17H,3,7-10H2,1-2H3. The first kappa shape index (κ1) is 13.5. The van der Waals surface area contributed by atoms with E-state index in [0.717, 1.165) is 31.2 Å². The highest BCUT2D eigenvalue weighted by Crippen LogP contribution is 2.25. The van der Waals surface area contributed by atoms with E-state index in [4.69, 9.17) is 0 Å². The van der Waals surface area contributed by atoms with Crippen molar-refractivity contribution in [3.63, 3.8) is 0 Å². The lowest BCUT2D eigenvalue weighted by Gasteiger charge is -2.21. The van der Waals surface area contributed by atoms with Crippen molar-refractivity contribution in [1.82, 2.24) is 10.2 Å². The summed E-state index contributed by atoms with van der Waals surface area (Å²) in [6.45, 7) is 7.47. The fourth-order valence-electron chi connectivity index (χ4n) is 2.36. The topological polar surface area (TPSA) is 15.3 Å². The van der Waals surface area contributed by atoms with Gasteiger partial charge in [0.05, 0.1) is 0 Å². The van der Waals surface area contributed by atoms with Gasteiger partial charge in [-0.05, 0) is 44.0 Å². The van der Waals surface area contributed by atoms with Crippen LogP contribution in [0.1, 0.15) is 38.3 Å². The first-order valence-electron chi connectivity index (χ1n) is 6.93. The van der Waals surface area contributed by atoms with Gasteiger partial charge in [-0.3, -0.25) is 4.90 Å². The Kier molecular flexibility index (Phi) is 4.72. The molecule has 1 atom stereocenters. The van der Waals surface area contributed by atoms with E-state index in [9.17, 15) is 4.39 Å². The minimum Gasteiger partial charge on any atom is -0.309 e. The van der Waals surface area contributed by atoms with Gasteiger partial charge in [0, 0.05) is 25.2 Å². The second kappa shape index (κ2) is 6.30. The number of halogens is 1. The third-order valence-electron chi connectivity index (χ3n) is 3.67. The summed E-state index contributed by atoms with van der Waals surface area (Å²) in [6.07, 6.45) is 2.71. The van der Waals surface area contributed by atoms with Crippen molar-refractivity contribution in [2.24, 2.45) is 0 Å². The highest BCUT2D eigenvalue weighted by molar-refractivity contribution is 5.19. The van der Waals surface area contributed by atoms with Gasteiger partial charge in [-0.1, -0.05) is 19.1 Å². The van der Waals surface area contributed by atoms with E-state index in [-0.39, 0.29) is 11.9 Å². The number of hydrogen-bond donors (Lipinski definition) is 1. The van der Waals surface area contributed by atoms with Crippen LogP contribution in [-0.2, 0) is 0 Å². The molecule has 18 heavy (non-hydrogen) atoms. The maximum atomic E-state index is 13.1. The normalized spacial score (nSPS) is 17.1. The lowest BCUT2D eigenvalue weighted by atomic mass is 10.1. The SMILES string of the molecule is CCN(CCNC(C)c1cccc(F)c1)C1CC1. The van der Waals surface area contributed by atoms with E-state index in [2.05, 4.69) is 24.1 Å². The molecule has 1 fully saturated rings. The summed E-state index contributed by atoms with van der Waals surface area (Å²) in [4.78, 5) is 2.52. The zero-order chi connectivity index (χ0) is 13.0. The number of nitrogens with zero attached hydrogens (tertiary/aromatic N) is 1. The van der Waals surface area contributed by atoms with Crippen LogP contribution in [0.25, 0.3) is 0 Å². The molecule has 0 aromatic heterocycles. The Morgan fingerprint density at radius 2 is 2.22 bits per heavy atom.